The molecule has 1 fully saturated rings. The van der Waals surface area contributed by atoms with E-state index in [0.29, 0.717) is 22.6 Å². The number of ketones is 2. The maximum Gasteiger partial charge on any atom is 0.342 e. The van der Waals surface area contributed by atoms with E-state index < -0.39 is 82.0 Å². The Kier molecular flexibility index (Phi) is 5.58. The average Bonchev–Trinajstić information content (AvgIpc) is 2.85. The monoisotopic (exact) mass is 540 g/mol. The normalized spacial score (nSPS) is 28.0. The zero-order valence-corrected chi connectivity index (χ0v) is 20.7. The molecular weight excluding hydrogens is 516 g/mol. The number of Topliss-reactive ketones (excluding diaryl/α,β-unsaturated/α-hetero) is 2. The van der Waals surface area contributed by atoms with E-state index in [2.05, 4.69) is 0 Å². The Morgan fingerprint density at radius 2 is 1.59 bits per heavy atom. The molecule has 1 saturated carbocycles. The van der Waals surface area contributed by atoms with Gasteiger partial charge in [-0.1, -0.05) is 12.1 Å². The fraction of sp³-hybridized carbons (Fsp3) is 0.296. The molecule has 12 nitrogen and oxygen atoms in total. The van der Waals surface area contributed by atoms with Crippen LogP contribution in [0.5, 0.6) is 17.2 Å². The van der Waals surface area contributed by atoms with Gasteiger partial charge < -0.3 is 45.2 Å². The summed E-state index contributed by atoms with van der Waals surface area (Å²) in [5.41, 5.74) is -9.89. The van der Waals surface area contributed by atoms with Crippen molar-refractivity contribution in [2.45, 2.75) is 36.1 Å². The van der Waals surface area contributed by atoms with Gasteiger partial charge in [0.1, 0.15) is 28.3 Å². The molecule has 39 heavy (non-hydrogen) atoms. The highest BCUT2D eigenvalue weighted by atomic mass is 16.5. The van der Waals surface area contributed by atoms with E-state index in [1.54, 1.807) is 18.2 Å². The summed E-state index contributed by atoms with van der Waals surface area (Å²) in [6, 6.07) is 7.62. The largest absolute Gasteiger partial charge is 0.508 e. The number of aliphatic hydroxyl groups is 5. The Balaban J connectivity index is 1.76. The van der Waals surface area contributed by atoms with Crippen LogP contribution in [0.1, 0.15) is 24.0 Å². The van der Waals surface area contributed by atoms with Crippen LogP contribution in [0.25, 0.3) is 16.9 Å². The number of phenolic OH excluding ortho intramolecular Hbond substituents is 1. The molecule has 0 saturated heterocycles. The van der Waals surface area contributed by atoms with Crippen LogP contribution in [0.15, 0.2) is 47.2 Å². The number of carbonyl (C=O) groups excluding carboxylic acids is 2. The molecule has 0 aliphatic heterocycles. The third-order valence-electron chi connectivity index (χ3n) is 7.73. The third kappa shape index (κ3) is 3.32. The van der Waals surface area contributed by atoms with Gasteiger partial charge in [-0.25, -0.2) is 4.79 Å². The topological polar surface area (TPSA) is 211 Å². The van der Waals surface area contributed by atoms with Crippen molar-refractivity contribution in [1.29, 1.82) is 0 Å². The molecule has 3 aliphatic carbocycles. The maximum absolute atomic E-state index is 13.7. The highest BCUT2D eigenvalue weighted by Gasteiger charge is 2.71. The van der Waals surface area contributed by atoms with Crippen LogP contribution in [-0.2, 0) is 20.8 Å². The van der Waals surface area contributed by atoms with Crippen LogP contribution in [-0.4, -0.2) is 84.3 Å². The summed E-state index contributed by atoms with van der Waals surface area (Å²) in [5.74, 6) is -7.06. The van der Waals surface area contributed by atoms with Crippen molar-refractivity contribution in [3.05, 3.63) is 58.4 Å². The first-order chi connectivity index (χ1) is 18.2. The van der Waals surface area contributed by atoms with Crippen LogP contribution < -0.4 is 9.47 Å². The molecule has 0 bridgehead atoms. The van der Waals surface area contributed by atoms with Gasteiger partial charge in [-0.15, -0.1) is 0 Å². The molecule has 2 aromatic rings. The number of aliphatic hydroxyl groups excluding tert-OH is 2. The number of aromatic hydroxyl groups is 1. The number of carboxylic acid groups (broad SMARTS) is 1. The quantitative estimate of drug-likeness (QED) is 0.270. The van der Waals surface area contributed by atoms with Gasteiger partial charge in [-0.2, -0.15) is 0 Å². The van der Waals surface area contributed by atoms with Crippen LogP contribution in [0.2, 0.25) is 0 Å². The Hall–Kier alpha value is -4.39. The predicted molar refractivity (Wildman–Crippen MR) is 131 cm³/mol. The molecule has 204 valence electrons. The molecule has 0 spiro atoms. The zero-order chi connectivity index (χ0) is 28.7. The summed E-state index contributed by atoms with van der Waals surface area (Å²) in [6.45, 7) is 0. The minimum atomic E-state index is -3.36. The number of benzene rings is 2. The lowest BCUT2D eigenvalue weighted by atomic mass is 9.55. The first kappa shape index (κ1) is 26.2. The van der Waals surface area contributed by atoms with Crippen molar-refractivity contribution in [3.8, 4) is 28.4 Å². The lowest BCUT2D eigenvalue weighted by Gasteiger charge is -2.54. The van der Waals surface area contributed by atoms with Gasteiger partial charge in [0, 0.05) is 19.3 Å². The summed E-state index contributed by atoms with van der Waals surface area (Å²) in [5, 5.41) is 76.2. The molecule has 0 aromatic heterocycles. The second kappa shape index (κ2) is 8.30. The molecule has 0 unspecified atom stereocenters. The average molecular weight is 540 g/mol. The van der Waals surface area contributed by atoms with Crippen molar-refractivity contribution < 1.29 is 59.6 Å². The molecular formula is C27H24O12. The summed E-state index contributed by atoms with van der Waals surface area (Å²) in [7, 11) is 2.88. The number of fused-ring (bicyclic) bond motifs is 3. The number of rotatable bonds is 4. The molecule has 12 heteroatoms. The molecule has 0 radical (unpaired) electrons. The number of phenols is 1. The number of hydrogen-bond acceptors (Lipinski definition) is 11. The third-order valence-corrected chi connectivity index (χ3v) is 7.73. The fourth-order valence-corrected chi connectivity index (χ4v) is 5.96. The van der Waals surface area contributed by atoms with E-state index >= 15 is 0 Å². The van der Waals surface area contributed by atoms with Crippen molar-refractivity contribution in [2.75, 3.05) is 14.2 Å². The lowest BCUT2D eigenvalue weighted by molar-refractivity contribution is -0.200. The van der Waals surface area contributed by atoms with Crippen molar-refractivity contribution in [3.63, 3.8) is 0 Å². The van der Waals surface area contributed by atoms with E-state index in [1.807, 2.05) is 0 Å². The maximum atomic E-state index is 13.7. The molecule has 3 aliphatic rings. The number of ether oxygens (including phenoxy) is 2. The molecule has 3 atom stereocenters. The predicted octanol–water partition coefficient (Wildman–Crippen LogP) is 0.937. The van der Waals surface area contributed by atoms with E-state index in [0.717, 1.165) is 0 Å². The van der Waals surface area contributed by atoms with Gasteiger partial charge in [-0.3, -0.25) is 9.59 Å². The number of methoxy groups -OCH3 is 2. The van der Waals surface area contributed by atoms with Gasteiger partial charge in [0.05, 0.1) is 25.4 Å². The Labute approximate surface area is 220 Å². The summed E-state index contributed by atoms with van der Waals surface area (Å²) >= 11 is 0. The van der Waals surface area contributed by atoms with Gasteiger partial charge in [0.2, 0.25) is 11.4 Å². The molecule has 5 rings (SSSR count). The van der Waals surface area contributed by atoms with Gasteiger partial charge in [0.25, 0.3) is 0 Å². The number of hydrogen-bond donors (Lipinski definition) is 7. The Bertz CT molecular complexity index is 1550. The van der Waals surface area contributed by atoms with Gasteiger partial charge in [0.15, 0.2) is 23.0 Å². The van der Waals surface area contributed by atoms with Crippen LogP contribution in [0.4, 0.5) is 0 Å². The van der Waals surface area contributed by atoms with Crippen LogP contribution in [0.3, 0.4) is 0 Å². The second-order valence-electron chi connectivity index (χ2n) is 9.86. The van der Waals surface area contributed by atoms with E-state index in [9.17, 15) is 50.1 Å². The minimum absolute atomic E-state index is 0.168. The van der Waals surface area contributed by atoms with Crippen LogP contribution in [0, 0.1) is 0 Å². The minimum Gasteiger partial charge on any atom is -0.508 e. The van der Waals surface area contributed by atoms with E-state index in [1.165, 1.54) is 26.4 Å². The lowest BCUT2D eigenvalue weighted by Crippen LogP contribution is -2.72. The zero-order valence-electron chi connectivity index (χ0n) is 20.7. The van der Waals surface area contributed by atoms with E-state index in [4.69, 9.17) is 9.47 Å². The van der Waals surface area contributed by atoms with Crippen LogP contribution >= 0.6 is 0 Å². The highest BCUT2D eigenvalue weighted by Crippen LogP contribution is 2.56. The summed E-state index contributed by atoms with van der Waals surface area (Å²) in [6.07, 6.45) is -2.52. The first-order valence-electron chi connectivity index (χ1n) is 11.7. The fourth-order valence-electron chi connectivity index (χ4n) is 5.96. The summed E-state index contributed by atoms with van der Waals surface area (Å²) in [4.78, 5) is 37.7. The molecule has 2 aromatic carbocycles. The van der Waals surface area contributed by atoms with Crippen molar-refractivity contribution in [2.24, 2.45) is 0 Å². The molecule has 7 N–H and O–H groups in total. The van der Waals surface area contributed by atoms with E-state index in [-0.39, 0.29) is 11.1 Å². The van der Waals surface area contributed by atoms with Gasteiger partial charge in [-0.05, 0) is 34.9 Å². The first-order valence-corrected chi connectivity index (χ1v) is 11.7. The number of carboxylic acids is 1. The van der Waals surface area contributed by atoms with Crippen molar-refractivity contribution in [1.82, 2.24) is 0 Å². The standard InChI is InChI=1S/C27H24O12/c1-38-16-6-3-11(7-17(16)39-2)12-4-5-14(28)18-13(12)8-25(35)10-26(36)9-15(29)19(24(33)34)22(31)27(26,37)23(32)20(25)21(18)30/h3-7,28,30-31,35-37H,8-10H2,1-2H3,(H,33,34)/t25-,26+,27-/m0/s1. The number of aliphatic carboxylic acids is 1. The van der Waals surface area contributed by atoms with Crippen molar-refractivity contribution >= 4 is 23.3 Å². The SMILES string of the molecule is COc1ccc(-c2ccc(O)c3c2C[C@]2(O)C[C@]4(O)CC(=O)C(C(=O)O)=C(O)[C@]4(O)C(=O)C2=C3O)cc1OC. The molecule has 0 heterocycles. The second-order valence-corrected chi connectivity index (χ2v) is 9.86. The Morgan fingerprint density at radius 1 is 0.923 bits per heavy atom. The number of carbonyl (C=O) groups is 3. The Morgan fingerprint density at radius 3 is 2.21 bits per heavy atom. The highest BCUT2D eigenvalue weighted by molar-refractivity contribution is 6.22. The smallest absolute Gasteiger partial charge is 0.342 e. The van der Waals surface area contributed by atoms with Gasteiger partial charge >= 0.3 is 5.97 Å². The summed E-state index contributed by atoms with van der Waals surface area (Å²) < 4.78 is 10.6. The molecule has 0 amide bonds.